The first kappa shape index (κ1) is 16.7. The van der Waals surface area contributed by atoms with Gasteiger partial charge in [-0.15, -0.1) is 0 Å². The van der Waals surface area contributed by atoms with Gasteiger partial charge in [0.25, 0.3) is 0 Å². The molecule has 1 aliphatic rings. The largest absolute Gasteiger partial charge is 0.482 e. The molecule has 1 fully saturated rings. The number of likely N-dealkylation sites (N-methyl/N-ethyl adjacent to an activating group) is 1. The molecule has 8 heteroatoms. The molecule has 1 aliphatic heterocycles. The predicted molar refractivity (Wildman–Crippen MR) is 80.4 cm³/mol. The van der Waals surface area contributed by atoms with E-state index in [0.29, 0.717) is 5.75 Å². The molecular weight excluding hydrogens is 308 g/mol. The molecule has 2 N–H and O–H groups in total. The van der Waals surface area contributed by atoms with E-state index in [9.17, 15) is 13.2 Å². The highest BCUT2D eigenvalue weighted by atomic mass is 32.2. The average molecular weight is 328 g/mol. The van der Waals surface area contributed by atoms with Crippen LogP contribution < -0.4 is 9.46 Å². The number of benzene rings is 1. The quantitative estimate of drug-likeness (QED) is 0.758. The molecule has 1 aromatic carbocycles. The normalized spacial score (nSPS) is 19.2. The van der Waals surface area contributed by atoms with E-state index in [1.807, 2.05) is 6.92 Å². The number of carbonyl (C=O) groups is 1. The van der Waals surface area contributed by atoms with Gasteiger partial charge in [0.05, 0.1) is 4.90 Å². The zero-order valence-corrected chi connectivity index (χ0v) is 13.2. The summed E-state index contributed by atoms with van der Waals surface area (Å²) in [5.41, 5.74) is 0. The summed E-state index contributed by atoms with van der Waals surface area (Å²) < 4.78 is 32.3. The maximum Gasteiger partial charge on any atom is 0.341 e. The van der Waals surface area contributed by atoms with Crippen LogP contribution in [0.3, 0.4) is 0 Å². The van der Waals surface area contributed by atoms with Gasteiger partial charge in [0.1, 0.15) is 5.75 Å². The number of aliphatic carboxylic acids is 1. The fraction of sp³-hybridized carbons (Fsp3) is 0.500. The van der Waals surface area contributed by atoms with Crippen LogP contribution in [0.25, 0.3) is 0 Å². The second kappa shape index (κ2) is 7.08. The van der Waals surface area contributed by atoms with E-state index in [1.54, 1.807) is 0 Å². The Morgan fingerprint density at radius 1 is 1.41 bits per heavy atom. The van der Waals surface area contributed by atoms with E-state index < -0.39 is 22.6 Å². The van der Waals surface area contributed by atoms with E-state index in [4.69, 9.17) is 9.84 Å². The molecule has 0 bridgehead atoms. The fourth-order valence-electron chi connectivity index (χ4n) is 2.36. The number of hydrogen-bond acceptors (Lipinski definition) is 5. The molecule has 1 unspecified atom stereocenters. The van der Waals surface area contributed by atoms with Crippen molar-refractivity contribution >= 4 is 16.0 Å². The zero-order valence-electron chi connectivity index (χ0n) is 12.4. The SMILES string of the molecule is CCN1CCC(NS(=O)(=O)c2ccc(OCC(=O)O)cc2)C1. The highest BCUT2D eigenvalue weighted by Gasteiger charge is 2.26. The van der Waals surface area contributed by atoms with Crippen LogP contribution in [-0.2, 0) is 14.8 Å². The Labute approximate surface area is 129 Å². The summed E-state index contributed by atoms with van der Waals surface area (Å²) in [7, 11) is -3.57. The first-order chi connectivity index (χ1) is 10.4. The van der Waals surface area contributed by atoms with Crippen molar-refractivity contribution in [2.45, 2.75) is 24.3 Å². The highest BCUT2D eigenvalue weighted by Crippen LogP contribution is 2.18. The predicted octanol–water partition coefficient (Wildman–Crippen LogP) is 0.523. The highest BCUT2D eigenvalue weighted by molar-refractivity contribution is 7.89. The van der Waals surface area contributed by atoms with Crippen LogP contribution in [0.4, 0.5) is 0 Å². The van der Waals surface area contributed by atoms with E-state index in [1.165, 1.54) is 24.3 Å². The van der Waals surface area contributed by atoms with Crippen LogP contribution in [0.15, 0.2) is 29.2 Å². The number of carboxylic acids is 1. The van der Waals surface area contributed by atoms with E-state index in [0.717, 1.165) is 26.1 Å². The number of sulfonamides is 1. The standard InChI is InChI=1S/C14H20N2O5S/c1-2-16-8-7-11(9-16)15-22(19,20)13-5-3-12(4-6-13)21-10-14(17)18/h3-6,11,15H,2,7-10H2,1H3,(H,17,18). The number of nitrogens with one attached hydrogen (secondary N) is 1. The summed E-state index contributed by atoms with van der Waals surface area (Å²) in [5.74, 6) is -0.764. The minimum absolute atomic E-state index is 0.0760. The van der Waals surface area contributed by atoms with Crippen LogP contribution in [-0.4, -0.2) is 56.7 Å². The van der Waals surface area contributed by atoms with Gasteiger partial charge in [-0.1, -0.05) is 6.92 Å². The lowest BCUT2D eigenvalue weighted by atomic mass is 10.3. The van der Waals surface area contributed by atoms with Crippen molar-refractivity contribution < 1.29 is 23.1 Å². The number of carboxylic acid groups (broad SMARTS) is 1. The van der Waals surface area contributed by atoms with Crippen molar-refractivity contribution in [3.05, 3.63) is 24.3 Å². The number of nitrogens with zero attached hydrogens (tertiary/aromatic N) is 1. The molecule has 122 valence electrons. The minimum atomic E-state index is -3.57. The molecule has 1 heterocycles. The van der Waals surface area contributed by atoms with Gasteiger partial charge in [-0.2, -0.15) is 0 Å². The van der Waals surface area contributed by atoms with E-state index in [-0.39, 0.29) is 10.9 Å². The van der Waals surface area contributed by atoms with Crippen LogP contribution in [0.2, 0.25) is 0 Å². The summed E-state index contributed by atoms with van der Waals surface area (Å²) in [6.45, 7) is 4.11. The maximum absolute atomic E-state index is 12.3. The maximum atomic E-state index is 12.3. The Morgan fingerprint density at radius 2 is 2.09 bits per heavy atom. The number of hydrogen-bond donors (Lipinski definition) is 2. The van der Waals surface area contributed by atoms with Crippen molar-refractivity contribution in [3.8, 4) is 5.75 Å². The van der Waals surface area contributed by atoms with Crippen molar-refractivity contribution in [2.24, 2.45) is 0 Å². The first-order valence-corrected chi connectivity index (χ1v) is 8.58. The van der Waals surface area contributed by atoms with Gasteiger partial charge in [-0.05, 0) is 43.8 Å². The van der Waals surface area contributed by atoms with Gasteiger partial charge < -0.3 is 14.7 Å². The van der Waals surface area contributed by atoms with Gasteiger partial charge in [0.15, 0.2) is 6.61 Å². The van der Waals surface area contributed by atoms with E-state index >= 15 is 0 Å². The minimum Gasteiger partial charge on any atom is -0.482 e. The molecule has 7 nitrogen and oxygen atoms in total. The third-order valence-corrected chi connectivity index (χ3v) is 5.07. The molecule has 1 saturated heterocycles. The number of likely N-dealkylation sites (tertiary alicyclic amines) is 1. The lowest BCUT2D eigenvalue weighted by Gasteiger charge is -2.15. The number of rotatable bonds is 7. The smallest absolute Gasteiger partial charge is 0.341 e. The molecule has 0 saturated carbocycles. The third-order valence-electron chi connectivity index (χ3n) is 3.54. The van der Waals surface area contributed by atoms with Gasteiger partial charge >= 0.3 is 5.97 Å². The lowest BCUT2D eigenvalue weighted by molar-refractivity contribution is -0.139. The second-order valence-electron chi connectivity index (χ2n) is 5.15. The summed E-state index contributed by atoms with van der Waals surface area (Å²) in [5, 5.41) is 8.52. The molecule has 0 amide bonds. The third kappa shape index (κ3) is 4.43. The molecule has 1 aromatic rings. The van der Waals surface area contributed by atoms with Crippen LogP contribution in [0, 0.1) is 0 Å². The zero-order chi connectivity index (χ0) is 16.2. The molecule has 0 aromatic heterocycles. The van der Waals surface area contributed by atoms with Crippen molar-refractivity contribution in [2.75, 3.05) is 26.2 Å². The molecule has 0 spiro atoms. The molecule has 1 atom stereocenters. The van der Waals surface area contributed by atoms with Gasteiger partial charge in [0, 0.05) is 12.6 Å². The van der Waals surface area contributed by atoms with Gasteiger partial charge in [-0.25, -0.2) is 17.9 Å². The average Bonchev–Trinajstić information content (AvgIpc) is 2.92. The monoisotopic (exact) mass is 328 g/mol. The van der Waals surface area contributed by atoms with Crippen LogP contribution in [0.1, 0.15) is 13.3 Å². The van der Waals surface area contributed by atoms with E-state index in [2.05, 4.69) is 9.62 Å². The summed E-state index contributed by atoms with van der Waals surface area (Å²) in [6.07, 6.45) is 0.798. The molecule has 2 rings (SSSR count). The summed E-state index contributed by atoms with van der Waals surface area (Å²) in [6, 6.07) is 5.64. The number of ether oxygens (including phenoxy) is 1. The van der Waals surface area contributed by atoms with Crippen molar-refractivity contribution in [1.29, 1.82) is 0 Å². The lowest BCUT2D eigenvalue weighted by Crippen LogP contribution is -2.37. The molecule has 0 aliphatic carbocycles. The second-order valence-corrected chi connectivity index (χ2v) is 6.87. The summed E-state index contributed by atoms with van der Waals surface area (Å²) >= 11 is 0. The van der Waals surface area contributed by atoms with Crippen molar-refractivity contribution in [1.82, 2.24) is 9.62 Å². The Kier molecular flexibility index (Phi) is 5.38. The fourth-order valence-corrected chi connectivity index (χ4v) is 3.63. The van der Waals surface area contributed by atoms with Crippen molar-refractivity contribution in [3.63, 3.8) is 0 Å². The summed E-state index contributed by atoms with van der Waals surface area (Å²) in [4.78, 5) is 12.7. The Morgan fingerprint density at radius 3 is 2.64 bits per heavy atom. The Bertz CT molecular complexity index is 615. The van der Waals surface area contributed by atoms with Crippen LogP contribution >= 0.6 is 0 Å². The Balaban J connectivity index is 1.99. The molecule has 0 radical (unpaired) electrons. The first-order valence-electron chi connectivity index (χ1n) is 7.10. The van der Waals surface area contributed by atoms with Gasteiger partial charge in [-0.3, -0.25) is 0 Å². The molecular formula is C14H20N2O5S. The van der Waals surface area contributed by atoms with Gasteiger partial charge in [0.2, 0.25) is 10.0 Å². The molecule has 22 heavy (non-hydrogen) atoms. The Hall–Kier alpha value is -1.64. The van der Waals surface area contributed by atoms with Crippen LogP contribution in [0.5, 0.6) is 5.75 Å². The topological polar surface area (TPSA) is 95.9 Å².